The van der Waals surface area contributed by atoms with Crippen LogP contribution in [0.2, 0.25) is 0 Å². The first kappa shape index (κ1) is 17.4. The zero-order valence-corrected chi connectivity index (χ0v) is 12.8. The molecule has 1 heterocycles. The minimum Gasteiger partial charge on any atom is -0.480 e. The summed E-state index contributed by atoms with van der Waals surface area (Å²) < 4.78 is 5.08. The summed E-state index contributed by atoms with van der Waals surface area (Å²) in [6.45, 7) is 6.58. The molecule has 7 nitrogen and oxygen atoms in total. The minimum absolute atomic E-state index is 0.202. The van der Waals surface area contributed by atoms with E-state index >= 15 is 0 Å². The van der Waals surface area contributed by atoms with E-state index in [4.69, 9.17) is 9.84 Å². The van der Waals surface area contributed by atoms with Crippen LogP contribution in [0, 0.1) is 5.92 Å². The van der Waals surface area contributed by atoms with Crippen molar-refractivity contribution in [3.05, 3.63) is 0 Å². The highest BCUT2D eigenvalue weighted by Crippen LogP contribution is 2.13. The first-order valence-corrected chi connectivity index (χ1v) is 7.15. The smallest absolute Gasteiger partial charge is 0.326 e. The summed E-state index contributed by atoms with van der Waals surface area (Å²) in [4.78, 5) is 34.9. The zero-order chi connectivity index (χ0) is 16.0. The molecule has 1 aliphatic heterocycles. The van der Waals surface area contributed by atoms with Crippen LogP contribution < -0.4 is 10.6 Å². The molecule has 3 N–H and O–H groups in total. The maximum atomic E-state index is 12.0. The summed E-state index contributed by atoms with van der Waals surface area (Å²) >= 11 is 0. The van der Waals surface area contributed by atoms with Crippen LogP contribution in [0.3, 0.4) is 0 Å². The molecule has 21 heavy (non-hydrogen) atoms. The number of hydrogen-bond donors (Lipinski definition) is 3. The predicted octanol–water partition coefficient (Wildman–Crippen LogP) is 0.287. The molecular formula is C14H24N2O5. The molecule has 0 unspecified atom stereocenters. The summed E-state index contributed by atoms with van der Waals surface area (Å²) in [6.07, 6.45) is 0.971. The molecule has 1 aliphatic rings. The number of esters is 1. The Morgan fingerprint density at radius 3 is 2.33 bits per heavy atom. The van der Waals surface area contributed by atoms with Crippen LogP contribution >= 0.6 is 0 Å². The van der Waals surface area contributed by atoms with Gasteiger partial charge in [-0.2, -0.15) is 0 Å². The molecular weight excluding hydrogens is 276 g/mol. The number of carbonyl (C=O) groups is 3. The van der Waals surface area contributed by atoms with Crippen molar-refractivity contribution in [3.63, 3.8) is 0 Å². The molecule has 7 heteroatoms. The van der Waals surface area contributed by atoms with Gasteiger partial charge in [0.05, 0.1) is 6.42 Å². The summed E-state index contributed by atoms with van der Waals surface area (Å²) in [5, 5.41) is 14.7. The van der Waals surface area contributed by atoms with Crippen LogP contribution in [0.5, 0.6) is 0 Å². The maximum absolute atomic E-state index is 12.0. The SMILES string of the molecule is CC(C)(C)OC(=O)C[C@H](NC(=O)C1CCNCC1)C(=O)O. The van der Waals surface area contributed by atoms with E-state index < -0.39 is 23.6 Å². The van der Waals surface area contributed by atoms with Crippen LogP contribution in [0.25, 0.3) is 0 Å². The second kappa shape index (κ2) is 7.40. The number of amides is 1. The van der Waals surface area contributed by atoms with Gasteiger partial charge in [-0.25, -0.2) is 4.79 Å². The summed E-state index contributed by atoms with van der Waals surface area (Å²) in [6, 6.07) is -1.25. The Kier molecular flexibility index (Phi) is 6.14. The van der Waals surface area contributed by atoms with Gasteiger partial charge >= 0.3 is 11.9 Å². The van der Waals surface area contributed by atoms with E-state index in [1.807, 2.05) is 0 Å². The van der Waals surface area contributed by atoms with Crippen molar-refractivity contribution < 1.29 is 24.2 Å². The third-order valence-corrected chi connectivity index (χ3v) is 3.12. The lowest BCUT2D eigenvalue weighted by molar-refractivity contribution is -0.158. The van der Waals surface area contributed by atoms with Crippen molar-refractivity contribution in [1.29, 1.82) is 0 Å². The number of nitrogens with one attached hydrogen (secondary N) is 2. The Hall–Kier alpha value is -1.63. The molecule has 0 bridgehead atoms. The predicted molar refractivity (Wildman–Crippen MR) is 75.6 cm³/mol. The quantitative estimate of drug-likeness (QED) is 0.630. The van der Waals surface area contributed by atoms with E-state index in [0.717, 1.165) is 13.1 Å². The fraction of sp³-hybridized carbons (Fsp3) is 0.786. The van der Waals surface area contributed by atoms with Crippen molar-refractivity contribution in [2.24, 2.45) is 5.92 Å². The van der Waals surface area contributed by atoms with Crippen molar-refractivity contribution in [2.75, 3.05) is 13.1 Å². The highest BCUT2D eigenvalue weighted by atomic mass is 16.6. The van der Waals surface area contributed by atoms with Crippen LogP contribution in [-0.2, 0) is 19.1 Å². The zero-order valence-electron chi connectivity index (χ0n) is 12.8. The van der Waals surface area contributed by atoms with Gasteiger partial charge in [0.15, 0.2) is 0 Å². The topological polar surface area (TPSA) is 105 Å². The number of piperidine rings is 1. The van der Waals surface area contributed by atoms with E-state index in [0.29, 0.717) is 12.8 Å². The van der Waals surface area contributed by atoms with Gasteiger partial charge in [-0.1, -0.05) is 0 Å². The third-order valence-electron chi connectivity index (χ3n) is 3.12. The van der Waals surface area contributed by atoms with E-state index in [-0.39, 0.29) is 18.2 Å². The molecule has 0 aromatic carbocycles. The monoisotopic (exact) mass is 300 g/mol. The van der Waals surface area contributed by atoms with Crippen LogP contribution in [-0.4, -0.2) is 47.7 Å². The Balaban J connectivity index is 2.55. The number of carbonyl (C=O) groups excluding carboxylic acids is 2. The lowest BCUT2D eigenvalue weighted by atomic mass is 9.96. The molecule has 0 radical (unpaired) electrons. The lowest BCUT2D eigenvalue weighted by Crippen LogP contribution is -2.47. The Morgan fingerprint density at radius 1 is 1.29 bits per heavy atom. The Bertz CT molecular complexity index is 397. The number of rotatable bonds is 5. The van der Waals surface area contributed by atoms with Crippen molar-refractivity contribution in [1.82, 2.24) is 10.6 Å². The molecule has 0 aromatic rings. The number of carboxylic acid groups (broad SMARTS) is 1. The minimum atomic E-state index is -1.25. The van der Waals surface area contributed by atoms with Crippen LogP contribution in [0.4, 0.5) is 0 Å². The molecule has 0 saturated carbocycles. The Labute approximate surface area is 124 Å². The standard InChI is InChI=1S/C14H24N2O5/c1-14(2,3)21-11(17)8-10(13(19)20)16-12(18)9-4-6-15-7-5-9/h9-10,15H,4-8H2,1-3H3,(H,16,18)(H,19,20)/t10-/m0/s1. The van der Waals surface area contributed by atoms with E-state index in [9.17, 15) is 14.4 Å². The first-order chi connectivity index (χ1) is 9.69. The van der Waals surface area contributed by atoms with Gasteiger partial charge in [-0.05, 0) is 46.7 Å². The third kappa shape index (κ3) is 6.57. The number of hydrogen-bond acceptors (Lipinski definition) is 5. The van der Waals surface area contributed by atoms with Gasteiger partial charge in [-0.3, -0.25) is 9.59 Å². The second-order valence-electron chi connectivity index (χ2n) is 6.21. The van der Waals surface area contributed by atoms with Crippen molar-refractivity contribution >= 4 is 17.8 Å². The van der Waals surface area contributed by atoms with Gasteiger partial charge < -0.3 is 20.5 Å². The average molecular weight is 300 g/mol. The summed E-state index contributed by atoms with van der Waals surface area (Å²) in [7, 11) is 0. The number of aliphatic carboxylic acids is 1. The fourth-order valence-electron chi connectivity index (χ4n) is 2.12. The van der Waals surface area contributed by atoms with Gasteiger partial charge in [0.25, 0.3) is 0 Å². The highest BCUT2D eigenvalue weighted by Gasteiger charge is 2.29. The number of carboxylic acids is 1. The average Bonchev–Trinajstić information content (AvgIpc) is 2.36. The molecule has 0 spiro atoms. The van der Waals surface area contributed by atoms with Gasteiger partial charge in [0, 0.05) is 5.92 Å². The first-order valence-electron chi connectivity index (χ1n) is 7.15. The highest BCUT2D eigenvalue weighted by molar-refractivity contribution is 5.88. The van der Waals surface area contributed by atoms with Gasteiger partial charge in [-0.15, -0.1) is 0 Å². The van der Waals surface area contributed by atoms with Crippen molar-refractivity contribution in [2.45, 2.75) is 51.7 Å². The molecule has 0 aromatic heterocycles. The molecule has 1 amide bonds. The summed E-state index contributed by atoms with van der Waals surface area (Å²) in [5.41, 5.74) is -0.681. The van der Waals surface area contributed by atoms with E-state index in [2.05, 4.69) is 10.6 Å². The molecule has 1 saturated heterocycles. The fourth-order valence-corrected chi connectivity index (χ4v) is 2.12. The van der Waals surface area contributed by atoms with Crippen molar-refractivity contribution in [3.8, 4) is 0 Å². The maximum Gasteiger partial charge on any atom is 0.326 e. The molecule has 1 atom stereocenters. The van der Waals surface area contributed by atoms with Gasteiger partial charge in [0.2, 0.25) is 5.91 Å². The lowest BCUT2D eigenvalue weighted by Gasteiger charge is -2.24. The Morgan fingerprint density at radius 2 is 1.86 bits per heavy atom. The number of ether oxygens (including phenoxy) is 1. The van der Waals surface area contributed by atoms with Crippen LogP contribution in [0.15, 0.2) is 0 Å². The molecule has 0 aliphatic carbocycles. The van der Waals surface area contributed by atoms with E-state index in [1.165, 1.54) is 0 Å². The molecule has 1 rings (SSSR count). The molecule has 1 fully saturated rings. The van der Waals surface area contributed by atoms with Crippen LogP contribution in [0.1, 0.15) is 40.0 Å². The molecule has 120 valence electrons. The normalized spacial score (nSPS) is 17.9. The van der Waals surface area contributed by atoms with Gasteiger partial charge in [0.1, 0.15) is 11.6 Å². The second-order valence-corrected chi connectivity index (χ2v) is 6.21. The summed E-state index contributed by atoms with van der Waals surface area (Å²) in [5.74, 6) is -2.39. The largest absolute Gasteiger partial charge is 0.480 e. The van der Waals surface area contributed by atoms with E-state index in [1.54, 1.807) is 20.8 Å².